The molecule has 4 aromatic rings. The minimum atomic E-state index is 0.217. The number of rotatable bonds is 8. The molecule has 1 aliphatic rings. The zero-order chi connectivity index (χ0) is 21.2. The van der Waals surface area contributed by atoms with Crippen molar-refractivity contribution < 1.29 is 9.47 Å². The Bertz CT molecular complexity index is 1210. The van der Waals surface area contributed by atoms with E-state index in [9.17, 15) is 0 Å². The second-order valence-electron chi connectivity index (χ2n) is 6.87. The molecule has 0 atom stereocenters. The van der Waals surface area contributed by atoms with Crippen LogP contribution in [0.1, 0.15) is 13.3 Å². The predicted octanol–water partition coefficient (Wildman–Crippen LogP) is 3.41. The fraction of sp³-hybridized carbons (Fsp3) is 0.300. The van der Waals surface area contributed by atoms with Crippen LogP contribution in [0.15, 0.2) is 40.1 Å². The first kappa shape index (κ1) is 20.0. The Morgan fingerprint density at radius 1 is 1.19 bits per heavy atom. The van der Waals surface area contributed by atoms with Gasteiger partial charge in [-0.3, -0.25) is 0 Å². The molecule has 5 rings (SSSR count). The molecular formula is C20H21N7O2S2. The molecule has 11 heteroatoms. The van der Waals surface area contributed by atoms with E-state index in [2.05, 4.69) is 31.8 Å². The van der Waals surface area contributed by atoms with Gasteiger partial charge in [-0.15, -0.1) is 11.3 Å². The standard InChI is InChI=1S/C20H21N7O2S2/c1-2-3-22-4-6-27-18-16(17(21)24-10-25-18)26-20(27)31-15-9-14-13(28-11-29-14)8-12(15)19-23-5-7-30-19/h5,7-10,22H,2-4,6,11H2,1H3,(H2,21,24,25). The lowest BCUT2D eigenvalue weighted by molar-refractivity contribution is 0.174. The summed E-state index contributed by atoms with van der Waals surface area (Å²) in [5.41, 5.74) is 8.41. The van der Waals surface area contributed by atoms with E-state index in [0.717, 1.165) is 57.3 Å². The number of hydrogen-bond acceptors (Lipinski definition) is 10. The van der Waals surface area contributed by atoms with Gasteiger partial charge in [0.15, 0.2) is 33.6 Å². The molecule has 0 radical (unpaired) electrons. The number of nitrogens with two attached hydrogens (primary N) is 1. The van der Waals surface area contributed by atoms with Crippen molar-refractivity contribution in [2.75, 3.05) is 25.6 Å². The normalized spacial score (nSPS) is 12.7. The zero-order valence-electron chi connectivity index (χ0n) is 16.9. The molecule has 9 nitrogen and oxygen atoms in total. The van der Waals surface area contributed by atoms with E-state index < -0.39 is 0 Å². The average molecular weight is 456 g/mol. The summed E-state index contributed by atoms with van der Waals surface area (Å²) >= 11 is 3.11. The number of fused-ring (bicyclic) bond motifs is 2. The van der Waals surface area contributed by atoms with Gasteiger partial charge in [0.25, 0.3) is 0 Å². The summed E-state index contributed by atoms with van der Waals surface area (Å²) in [6, 6.07) is 3.96. The number of ether oxygens (including phenoxy) is 2. The molecule has 0 spiro atoms. The number of nitrogens with zero attached hydrogens (tertiary/aromatic N) is 5. The van der Waals surface area contributed by atoms with E-state index in [1.807, 2.05) is 17.5 Å². The maximum atomic E-state index is 6.09. The first-order valence-corrected chi connectivity index (χ1v) is 11.6. The van der Waals surface area contributed by atoms with Gasteiger partial charge in [0, 0.05) is 35.1 Å². The van der Waals surface area contributed by atoms with E-state index in [1.54, 1.807) is 17.5 Å². The fourth-order valence-corrected chi connectivity index (χ4v) is 5.12. The minimum Gasteiger partial charge on any atom is -0.454 e. The maximum Gasteiger partial charge on any atom is 0.231 e. The summed E-state index contributed by atoms with van der Waals surface area (Å²) in [7, 11) is 0. The van der Waals surface area contributed by atoms with E-state index in [4.69, 9.17) is 20.2 Å². The lowest BCUT2D eigenvalue weighted by Crippen LogP contribution is -2.21. The van der Waals surface area contributed by atoms with Crippen LogP contribution >= 0.6 is 23.1 Å². The zero-order valence-corrected chi connectivity index (χ0v) is 18.5. The fourth-order valence-electron chi connectivity index (χ4n) is 3.34. The van der Waals surface area contributed by atoms with Crippen LogP contribution in [-0.2, 0) is 6.54 Å². The summed E-state index contributed by atoms with van der Waals surface area (Å²) in [6.45, 7) is 4.84. The van der Waals surface area contributed by atoms with E-state index in [-0.39, 0.29) is 6.79 Å². The Kier molecular flexibility index (Phi) is 5.62. The van der Waals surface area contributed by atoms with Gasteiger partial charge in [-0.2, -0.15) is 0 Å². The van der Waals surface area contributed by atoms with Gasteiger partial charge >= 0.3 is 0 Å². The van der Waals surface area contributed by atoms with Gasteiger partial charge in [0.1, 0.15) is 11.3 Å². The quantitative estimate of drug-likeness (QED) is 0.386. The summed E-state index contributed by atoms with van der Waals surface area (Å²) in [6.07, 6.45) is 4.35. The van der Waals surface area contributed by atoms with Crippen LogP contribution in [0.3, 0.4) is 0 Å². The first-order valence-electron chi connectivity index (χ1n) is 9.93. The van der Waals surface area contributed by atoms with Gasteiger partial charge < -0.3 is 25.1 Å². The number of benzene rings is 1. The summed E-state index contributed by atoms with van der Waals surface area (Å²) in [4.78, 5) is 18.8. The third-order valence-corrected chi connectivity index (χ3v) is 6.66. The van der Waals surface area contributed by atoms with Gasteiger partial charge in [-0.1, -0.05) is 18.7 Å². The van der Waals surface area contributed by atoms with Crippen molar-refractivity contribution in [1.82, 2.24) is 29.8 Å². The van der Waals surface area contributed by atoms with Crippen LogP contribution in [0.25, 0.3) is 21.7 Å². The van der Waals surface area contributed by atoms with Crippen molar-refractivity contribution >= 4 is 40.1 Å². The molecule has 4 heterocycles. The second kappa shape index (κ2) is 8.69. The molecule has 0 bridgehead atoms. The summed E-state index contributed by atoms with van der Waals surface area (Å²) in [5, 5.41) is 7.09. The Morgan fingerprint density at radius 2 is 2.06 bits per heavy atom. The number of aromatic nitrogens is 5. The van der Waals surface area contributed by atoms with Crippen molar-refractivity contribution in [1.29, 1.82) is 0 Å². The van der Waals surface area contributed by atoms with Crippen molar-refractivity contribution in [3.05, 3.63) is 30.0 Å². The number of nitrogens with one attached hydrogen (secondary N) is 1. The number of nitrogen functional groups attached to an aromatic ring is 1. The predicted molar refractivity (Wildman–Crippen MR) is 121 cm³/mol. The minimum absolute atomic E-state index is 0.217. The van der Waals surface area contributed by atoms with Crippen molar-refractivity contribution in [3.63, 3.8) is 0 Å². The molecule has 0 saturated carbocycles. The second-order valence-corrected chi connectivity index (χ2v) is 8.77. The monoisotopic (exact) mass is 455 g/mol. The highest BCUT2D eigenvalue weighted by Gasteiger charge is 2.22. The molecule has 0 unspecified atom stereocenters. The molecule has 3 aromatic heterocycles. The third-order valence-electron chi connectivity index (χ3n) is 4.80. The van der Waals surface area contributed by atoms with Crippen LogP contribution in [0.4, 0.5) is 5.82 Å². The average Bonchev–Trinajstić information content (AvgIpc) is 3.51. The Labute approximate surface area is 187 Å². The molecule has 3 N–H and O–H groups in total. The van der Waals surface area contributed by atoms with Crippen molar-refractivity contribution in [2.45, 2.75) is 29.9 Å². The van der Waals surface area contributed by atoms with E-state index in [0.29, 0.717) is 17.9 Å². The van der Waals surface area contributed by atoms with Crippen LogP contribution in [0.5, 0.6) is 11.5 Å². The Morgan fingerprint density at radius 3 is 2.87 bits per heavy atom. The lowest BCUT2D eigenvalue weighted by atomic mass is 10.2. The Hall–Kier alpha value is -2.89. The number of imidazole rings is 1. The van der Waals surface area contributed by atoms with Crippen molar-refractivity contribution in [2.24, 2.45) is 0 Å². The summed E-state index contributed by atoms with van der Waals surface area (Å²) < 4.78 is 13.3. The molecule has 0 fully saturated rings. The van der Waals surface area contributed by atoms with Crippen LogP contribution in [-0.4, -0.2) is 44.4 Å². The highest BCUT2D eigenvalue weighted by molar-refractivity contribution is 7.99. The molecule has 0 aliphatic carbocycles. The summed E-state index contributed by atoms with van der Waals surface area (Å²) in [5.74, 6) is 1.81. The topological polar surface area (TPSA) is 113 Å². The van der Waals surface area contributed by atoms with Crippen LogP contribution in [0.2, 0.25) is 0 Å². The first-order chi connectivity index (χ1) is 15.2. The SMILES string of the molecule is CCCNCCn1c(Sc2cc3c(cc2-c2nccs2)OCO3)nc2c(N)ncnc21. The lowest BCUT2D eigenvalue weighted by Gasteiger charge is -2.11. The molecule has 160 valence electrons. The smallest absolute Gasteiger partial charge is 0.231 e. The highest BCUT2D eigenvalue weighted by atomic mass is 32.2. The molecule has 0 amide bonds. The third kappa shape index (κ3) is 3.91. The van der Waals surface area contributed by atoms with Crippen molar-refractivity contribution in [3.8, 4) is 22.1 Å². The Balaban J connectivity index is 1.57. The number of anilines is 1. The van der Waals surface area contributed by atoms with E-state index >= 15 is 0 Å². The van der Waals surface area contributed by atoms with Gasteiger partial charge in [-0.25, -0.2) is 19.9 Å². The van der Waals surface area contributed by atoms with Crippen LogP contribution < -0.4 is 20.5 Å². The highest BCUT2D eigenvalue weighted by Crippen LogP contribution is 2.45. The maximum absolute atomic E-state index is 6.09. The number of hydrogen-bond donors (Lipinski definition) is 2. The van der Waals surface area contributed by atoms with Gasteiger partial charge in [0.2, 0.25) is 6.79 Å². The number of thiazole rings is 1. The largest absolute Gasteiger partial charge is 0.454 e. The molecule has 1 aliphatic heterocycles. The molecule has 31 heavy (non-hydrogen) atoms. The van der Waals surface area contributed by atoms with Gasteiger partial charge in [0.05, 0.1) is 0 Å². The molecular weight excluding hydrogens is 434 g/mol. The molecule has 0 saturated heterocycles. The van der Waals surface area contributed by atoms with Crippen LogP contribution in [0, 0.1) is 0 Å². The molecule has 1 aromatic carbocycles. The van der Waals surface area contributed by atoms with E-state index in [1.165, 1.54) is 18.1 Å². The van der Waals surface area contributed by atoms with Gasteiger partial charge in [-0.05, 0) is 25.1 Å².